The Kier molecular flexibility index (Phi) is 4.20. The molecule has 0 aliphatic heterocycles. The Morgan fingerprint density at radius 1 is 1.10 bits per heavy atom. The molecule has 2 rings (SSSR count). The maximum Gasteiger partial charge on any atom is 0.224 e. The van der Waals surface area contributed by atoms with Gasteiger partial charge < -0.3 is 4.90 Å². The average molecular weight is 290 g/mol. The molecule has 1 aromatic carbocycles. The smallest absolute Gasteiger partial charge is 0.224 e. The minimum absolute atomic E-state index is 0.137. The lowest BCUT2D eigenvalue weighted by Crippen LogP contribution is -2.15. The molecular weight excluding hydrogens is 272 g/mol. The molecule has 0 bridgehead atoms. The molecule has 0 amide bonds. The van der Waals surface area contributed by atoms with Crippen LogP contribution >= 0.6 is 0 Å². The van der Waals surface area contributed by atoms with E-state index in [1.54, 1.807) is 36.4 Å². The third kappa shape index (κ3) is 3.05. The molecule has 0 unspecified atom stereocenters. The minimum atomic E-state index is -3.57. The molecule has 5 heteroatoms. The molecule has 0 aliphatic carbocycles. The van der Waals surface area contributed by atoms with Crippen molar-refractivity contribution < 1.29 is 8.42 Å². The molecule has 0 aliphatic rings. The first kappa shape index (κ1) is 14.7. The monoisotopic (exact) mass is 290 g/mol. The maximum absolute atomic E-state index is 12.7. The topological polar surface area (TPSA) is 50.3 Å². The Balaban J connectivity index is 2.52. The summed E-state index contributed by atoms with van der Waals surface area (Å²) in [5, 5.41) is 0.137. The van der Waals surface area contributed by atoms with Gasteiger partial charge in [0.15, 0.2) is 5.03 Å². The van der Waals surface area contributed by atoms with Crippen LogP contribution in [0.4, 0.5) is 0 Å². The van der Waals surface area contributed by atoms with Crippen molar-refractivity contribution in [3.63, 3.8) is 0 Å². The predicted molar refractivity (Wildman–Crippen MR) is 78.3 cm³/mol. The summed E-state index contributed by atoms with van der Waals surface area (Å²) in [6.45, 7) is 2.46. The van der Waals surface area contributed by atoms with Gasteiger partial charge in [0.1, 0.15) is 0 Å². The Labute approximate surface area is 120 Å². The number of benzene rings is 1. The lowest BCUT2D eigenvalue weighted by atomic mass is 10.2. The molecule has 2 aromatic rings. The van der Waals surface area contributed by atoms with Gasteiger partial charge in [-0.05, 0) is 39.2 Å². The highest BCUT2D eigenvalue weighted by Crippen LogP contribution is 2.23. The molecule has 0 saturated heterocycles. The van der Waals surface area contributed by atoms with Crippen LogP contribution in [0.15, 0.2) is 52.5 Å². The van der Waals surface area contributed by atoms with Gasteiger partial charge in [-0.2, -0.15) is 0 Å². The van der Waals surface area contributed by atoms with E-state index < -0.39 is 9.84 Å². The Morgan fingerprint density at radius 3 is 2.35 bits per heavy atom. The normalized spacial score (nSPS) is 11.8. The average Bonchev–Trinajstić information content (AvgIpc) is 2.39. The van der Waals surface area contributed by atoms with E-state index in [4.69, 9.17) is 0 Å². The highest BCUT2D eigenvalue weighted by atomic mass is 32.2. The molecule has 0 fully saturated rings. The molecular formula is C15H18N2O2S. The van der Waals surface area contributed by atoms with Gasteiger partial charge in [0.05, 0.1) is 4.90 Å². The lowest BCUT2D eigenvalue weighted by molar-refractivity contribution is 0.397. The van der Waals surface area contributed by atoms with E-state index in [9.17, 15) is 8.42 Å². The summed E-state index contributed by atoms with van der Waals surface area (Å²) in [5.41, 5.74) is 1.73. The molecule has 0 spiro atoms. The van der Waals surface area contributed by atoms with Gasteiger partial charge in [-0.15, -0.1) is 0 Å². The van der Waals surface area contributed by atoms with Crippen LogP contribution in [-0.4, -0.2) is 32.4 Å². The molecule has 0 radical (unpaired) electrons. The van der Waals surface area contributed by atoms with Crippen molar-refractivity contribution in [2.45, 2.75) is 23.4 Å². The van der Waals surface area contributed by atoms with Crippen LogP contribution in [0.1, 0.15) is 11.1 Å². The van der Waals surface area contributed by atoms with Crippen LogP contribution < -0.4 is 0 Å². The van der Waals surface area contributed by atoms with E-state index >= 15 is 0 Å². The second-order valence-corrected chi connectivity index (χ2v) is 6.89. The molecule has 0 atom stereocenters. The van der Waals surface area contributed by atoms with Crippen molar-refractivity contribution in [2.75, 3.05) is 14.1 Å². The third-order valence-electron chi connectivity index (χ3n) is 2.92. The van der Waals surface area contributed by atoms with Crippen molar-refractivity contribution in [3.8, 4) is 0 Å². The molecule has 20 heavy (non-hydrogen) atoms. The molecule has 106 valence electrons. The fourth-order valence-electron chi connectivity index (χ4n) is 1.96. The first-order valence-corrected chi connectivity index (χ1v) is 7.80. The van der Waals surface area contributed by atoms with E-state index in [1.807, 2.05) is 25.9 Å². The van der Waals surface area contributed by atoms with Crippen LogP contribution in [-0.2, 0) is 16.4 Å². The fraction of sp³-hybridized carbons (Fsp3) is 0.267. The molecule has 4 nitrogen and oxygen atoms in total. The number of pyridine rings is 1. The van der Waals surface area contributed by atoms with E-state index in [0.717, 1.165) is 5.56 Å². The standard InChI is InChI=1S/C15H18N2O2S/c1-12-6-8-14(9-7-12)20(18,19)15-13(11-17(2)3)5-4-10-16-15/h4-10H,11H2,1-3H3. The summed E-state index contributed by atoms with van der Waals surface area (Å²) in [6, 6.07) is 10.4. The number of aryl methyl sites for hydroxylation is 1. The zero-order valence-electron chi connectivity index (χ0n) is 11.9. The summed E-state index contributed by atoms with van der Waals surface area (Å²) in [5.74, 6) is 0. The van der Waals surface area contributed by atoms with Crippen LogP contribution in [0.2, 0.25) is 0 Å². The summed E-state index contributed by atoms with van der Waals surface area (Å²) in [6.07, 6.45) is 1.51. The molecule has 0 N–H and O–H groups in total. The fourth-order valence-corrected chi connectivity index (χ4v) is 3.35. The molecule has 0 saturated carbocycles. The van der Waals surface area contributed by atoms with Crippen LogP contribution in [0, 0.1) is 6.92 Å². The number of rotatable bonds is 4. The van der Waals surface area contributed by atoms with E-state index in [1.165, 1.54) is 6.20 Å². The third-order valence-corrected chi connectivity index (χ3v) is 4.69. The summed E-state index contributed by atoms with van der Waals surface area (Å²) >= 11 is 0. The van der Waals surface area contributed by atoms with Crippen molar-refractivity contribution in [3.05, 3.63) is 53.7 Å². The summed E-state index contributed by atoms with van der Waals surface area (Å²) < 4.78 is 25.3. The highest BCUT2D eigenvalue weighted by Gasteiger charge is 2.22. The number of hydrogen-bond acceptors (Lipinski definition) is 4. The first-order chi connectivity index (χ1) is 9.41. The largest absolute Gasteiger partial charge is 0.305 e. The van der Waals surface area contributed by atoms with E-state index in [-0.39, 0.29) is 9.92 Å². The Bertz CT molecular complexity index is 692. The van der Waals surface area contributed by atoms with Gasteiger partial charge in [0, 0.05) is 18.3 Å². The zero-order chi connectivity index (χ0) is 14.8. The van der Waals surface area contributed by atoms with Gasteiger partial charge in [0.2, 0.25) is 9.84 Å². The van der Waals surface area contributed by atoms with Crippen molar-refractivity contribution in [2.24, 2.45) is 0 Å². The van der Waals surface area contributed by atoms with Crippen molar-refractivity contribution in [1.29, 1.82) is 0 Å². The highest BCUT2D eigenvalue weighted by molar-refractivity contribution is 7.91. The minimum Gasteiger partial charge on any atom is -0.305 e. The van der Waals surface area contributed by atoms with Crippen LogP contribution in [0.5, 0.6) is 0 Å². The Hall–Kier alpha value is -1.72. The van der Waals surface area contributed by atoms with Crippen LogP contribution in [0.25, 0.3) is 0 Å². The number of aromatic nitrogens is 1. The summed E-state index contributed by atoms with van der Waals surface area (Å²) in [4.78, 5) is 6.29. The molecule has 1 aromatic heterocycles. The Morgan fingerprint density at radius 2 is 1.75 bits per heavy atom. The van der Waals surface area contributed by atoms with E-state index in [2.05, 4.69) is 4.98 Å². The maximum atomic E-state index is 12.7. The van der Waals surface area contributed by atoms with Gasteiger partial charge in [-0.1, -0.05) is 23.8 Å². The van der Waals surface area contributed by atoms with Gasteiger partial charge >= 0.3 is 0 Å². The number of hydrogen-bond donors (Lipinski definition) is 0. The van der Waals surface area contributed by atoms with E-state index in [0.29, 0.717) is 12.1 Å². The van der Waals surface area contributed by atoms with Crippen molar-refractivity contribution >= 4 is 9.84 Å². The quantitative estimate of drug-likeness (QED) is 0.867. The summed E-state index contributed by atoms with van der Waals surface area (Å²) in [7, 11) is 0.226. The second-order valence-electron chi connectivity index (χ2n) is 5.02. The van der Waals surface area contributed by atoms with Gasteiger partial charge in [0.25, 0.3) is 0 Å². The van der Waals surface area contributed by atoms with Crippen LogP contribution in [0.3, 0.4) is 0 Å². The molecule has 1 heterocycles. The lowest BCUT2D eigenvalue weighted by Gasteiger charge is -2.13. The SMILES string of the molecule is Cc1ccc(S(=O)(=O)c2ncccc2CN(C)C)cc1. The number of nitrogens with zero attached hydrogens (tertiary/aromatic N) is 2. The second kappa shape index (κ2) is 5.73. The predicted octanol–water partition coefficient (Wildman–Crippen LogP) is 2.28. The first-order valence-electron chi connectivity index (χ1n) is 6.31. The number of sulfone groups is 1. The van der Waals surface area contributed by atoms with Gasteiger partial charge in [-0.25, -0.2) is 13.4 Å². The zero-order valence-corrected chi connectivity index (χ0v) is 12.7. The van der Waals surface area contributed by atoms with Crippen molar-refractivity contribution in [1.82, 2.24) is 9.88 Å². The van der Waals surface area contributed by atoms with Gasteiger partial charge in [-0.3, -0.25) is 0 Å².